The van der Waals surface area contributed by atoms with Crippen LogP contribution in [0.4, 0.5) is 0 Å². The van der Waals surface area contributed by atoms with Crippen molar-refractivity contribution >= 4 is 29.9 Å². The SMILES string of the molecule is CCNC(=NCc1ccc(OC)nc1)N1CCC(OCCCOC)CC1.I. The minimum atomic E-state index is 0. The van der Waals surface area contributed by atoms with Crippen molar-refractivity contribution in [2.75, 3.05) is 47.1 Å². The smallest absolute Gasteiger partial charge is 0.212 e. The van der Waals surface area contributed by atoms with E-state index in [9.17, 15) is 0 Å². The zero-order valence-electron chi connectivity index (χ0n) is 16.6. The molecular weight excluding hydrogens is 459 g/mol. The molecule has 0 aromatic carbocycles. The molecular formula is C19H33IN4O3. The zero-order valence-corrected chi connectivity index (χ0v) is 19.0. The summed E-state index contributed by atoms with van der Waals surface area (Å²) in [7, 11) is 3.34. The molecule has 0 radical (unpaired) electrons. The molecule has 0 saturated carbocycles. The first kappa shape index (κ1) is 23.9. The molecule has 1 aromatic heterocycles. The van der Waals surface area contributed by atoms with E-state index in [-0.39, 0.29) is 24.0 Å². The quantitative estimate of drug-likeness (QED) is 0.248. The van der Waals surface area contributed by atoms with Crippen LogP contribution in [0.2, 0.25) is 0 Å². The van der Waals surface area contributed by atoms with Crippen molar-refractivity contribution in [3.05, 3.63) is 23.9 Å². The lowest BCUT2D eigenvalue weighted by Gasteiger charge is -2.34. The molecule has 154 valence electrons. The van der Waals surface area contributed by atoms with Crippen LogP contribution < -0.4 is 10.1 Å². The van der Waals surface area contributed by atoms with Crippen molar-refractivity contribution in [3.63, 3.8) is 0 Å². The van der Waals surface area contributed by atoms with E-state index in [1.807, 2.05) is 18.3 Å². The maximum atomic E-state index is 5.94. The largest absolute Gasteiger partial charge is 0.481 e. The van der Waals surface area contributed by atoms with Crippen LogP contribution in [0, 0.1) is 0 Å². The minimum Gasteiger partial charge on any atom is -0.481 e. The fraction of sp³-hybridized carbons (Fsp3) is 0.684. The monoisotopic (exact) mass is 492 g/mol. The third-order valence-corrected chi connectivity index (χ3v) is 4.34. The Hall–Kier alpha value is -1.13. The number of aromatic nitrogens is 1. The number of nitrogens with one attached hydrogen (secondary N) is 1. The molecule has 0 aliphatic carbocycles. The highest BCUT2D eigenvalue weighted by molar-refractivity contribution is 14.0. The van der Waals surface area contributed by atoms with Crippen LogP contribution in [0.3, 0.4) is 0 Å². The summed E-state index contributed by atoms with van der Waals surface area (Å²) in [6.07, 6.45) is 5.17. The standard InChI is InChI=1S/C19H32N4O3.HI/c1-4-20-19(22-15-16-6-7-18(25-3)21-14-16)23-10-8-17(9-11-23)26-13-5-12-24-2;/h6-7,14,17H,4-5,8-13,15H2,1-3H3,(H,20,22);1H. The molecule has 0 atom stereocenters. The summed E-state index contributed by atoms with van der Waals surface area (Å²) in [5, 5.41) is 3.39. The first-order chi connectivity index (χ1) is 12.8. The Morgan fingerprint density at radius 1 is 1.26 bits per heavy atom. The van der Waals surface area contributed by atoms with Gasteiger partial charge in [-0.2, -0.15) is 0 Å². The van der Waals surface area contributed by atoms with Crippen LogP contribution in [0.25, 0.3) is 0 Å². The molecule has 1 fully saturated rings. The summed E-state index contributed by atoms with van der Waals surface area (Å²) in [4.78, 5) is 11.3. The van der Waals surface area contributed by atoms with Gasteiger partial charge in [0.1, 0.15) is 0 Å². The third kappa shape index (κ3) is 8.61. The molecule has 1 aliphatic heterocycles. The summed E-state index contributed by atoms with van der Waals surface area (Å²) in [5.74, 6) is 1.58. The highest BCUT2D eigenvalue weighted by Gasteiger charge is 2.21. The highest BCUT2D eigenvalue weighted by atomic mass is 127. The van der Waals surface area contributed by atoms with E-state index in [0.717, 1.165) is 63.6 Å². The molecule has 1 N–H and O–H groups in total. The molecule has 0 unspecified atom stereocenters. The van der Waals surface area contributed by atoms with Crippen molar-refractivity contribution < 1.29 is 14.2 Å². The predicted molar refractivity (Wildman–Crippen MR) is 118 cm³/mol. The number of aliphatic imine (C=N–C) groups is 1. The van der Waals surface area contributed by atoms with Gasteiger partial charge in [-0.05, 0) is 31.7 Å². The van der Waals surface area contributed by atoms with Gasteiger partial charge >= 0.3 is 0 Å². The number of ether oxygens (including phenoxy) is 3. The number of likely N-dealkylation sites (tertiary alicyclic amines) is 1. The number of guanidine groups is 1. The van der Waals surface area contributed by atoms with E-state index in [1.54, 1.807) is 14.2 Å². The Labute approximate surface area is 179 Å². The number of methoxy groups -OCH3 is 2. The summed E-state index contributed by atoms with van der Waals surface area (Å²) < 4.78 is 16.1. The Bertz CT molecular complexity index is 534. The van der Waals surface area contributed by atoms with Gasteiger partial charge in [0.25, 0.3) is 0 Å². The number of pyridine rings is 1. The molecule has 2 heterocycles. The van der Waals surface area contributed by atoms with Crippen molar-refractivity contribution in [3.8, 4) is 5.88 Å². The number of hydrogen-bond donors (Lipinski definition) is 1. The summed E-state index contributed by atoms with van der Waals surface area (Å²) in [5.41, 5.74) is 1.07. The fourth-order valence-electron chi connectivity index (χ4n) is 2.90. The topological polar surface area (TPSA) is 68.2 Å². The summed E-state index contributed by atoms with van der Waals surface area (Å²) in [6, 6.07) is 3.86. The molecule has 1 saturated heterocycles. The lowest BCUT2D eigenvalue weighted by molar-refractivity contribution is 0.00990. The number of rotatable bonds is 9. The molecule has 0 spiro atoms. The van der Waals surface area contributed by atoms with Crippen molar-refractivity contribution in [1.29, 1.82) is 0 Å². The zero-order chi connectivity index (χ0) is 18.6. The van der Waals surface area contributed by atoms with E-state index in [4.69, 9.17) is 19.2 Å². The average Bonchev–Trinajstić information content (AvgIpc) is 2.69. The van der Waals surface area contributed by atoms with Crippen molar-refractivity contribution in [2.45, 2.75) is 38.8 Å². The van der Waals surface area contributed by atoms with Crippen LogP contribution >= 0.6 is 24.0 Å². The predicted octanol–water partition coefficient (Wildman–Crippen LogP) is 2.69. The number of halogens is 1. The first-order valence-electron chi connectivity index (χ1n) is 9.39. The van der Waals surface area contributed by atoms with E-state index in [1.165, 1.54) is 0 Å². The van der Waals surface area contributed by atoms with Crippen LogP contribution in [-0.4, -0.2) is 69.0 Å². The second-order valence-electron chi connectivity index (χ2n) is 6.28. The molecule has 7 nitrogen and oxygen atoms in total. The van der Waals surface area contributed by atoms with Crippen molar-refractivity contribution in [2.24, 2.45) is 4.99 Å². The summed E-state index contributed by atoms with van der Waals surface area (Å²) >= 11 is 0. The van der Waals surface area contributed by atoms with Crippen LogP contribution in [0.1, 0.15) is 31.7 Å². The number of piperidine rings is 1. The van der Waals surface area contributed by atoms with Gasteiger partial charge in [0.2, 0.25) is 5.88 Å². The molecule has 1 aliphatic rings. The second kappa shape index (κ2) is 14.0. The molecule has 1 aromatic rings. The van der Waals surface area contributed by atoms with Crippen LogP contribution in [0.5, 0.6) is 5.88 Å². The van der Waals surface area contributed by atoms with Crippen molar-refractivity contribution in [1.82, 2.24) is 15.2 Å². The van der Waals surface area contributed by atoms with E-state index < -0.39 is 0 Å². The number of hydrogen-bond acceptors (Lipinski definition) is 5. The van der Waals surface area contributed by atoms with Gasteiger partial charge in [0.05, 0.1) is 19.8 Å². The minimum absolute atomic E-state index is 0. The van der Waals surface area contributed by atoms with Gasteiger partial charge in [-0.15, -0.1) is 24.0 Å². The molecule has 8 heteroatoms. The van der Waals surface area contributed by atoms with Gasteiger partial charge in [-0.3, -0.25) is 0 Å². The lowest BCUT2D eigenvalue weighted by atomic mass is 10.1. The molecule has 0 amide bonds. The van der Waals surface area contributed by atoms with Gasteiger partial charge in [-0.25, -0.2) is 9.98 Å². The van der Waals surface area contributed by atoms with Crippen LogP contribution in [-0.2, 0) is 16.0 Å². The Morgan fingerprint density at radius 2 is 2.04 bits per heavy atom. The molecule has 2 rings (SSSR count). The molecule has 0 bridgehead atoms. The Morgan fingerprint density at radius 3 is 2.63 bits per heavy atom. The average molecular weight is 492 g/mol. The summed E-state index contributed by atoms with van der Waals surface area (Å²) in [6.45, 7) is 7.01. The van der Waals surface area contributed by atoms with Gasteiger partial charge in [0, 0.05) is 52.2 Å². The number of nitrogens with zero attached hydrogens (tertiary/aromatic N) is 3. The first-order valence-corrected chi connectivity index (χ1v) is 9.39. The van der Waals surface area contributed by atoms with Gasteiger partial charge < -0.3 is 24.4 Å². The Kier molecular flexibility index (Phi) is 12.4. The third-order valence-electron chi connectivity index (χ3n) is 4.34. The maximum absolute atomic E-state index is 5.94. The second-order valence-corrected chi connectivity index (χ2v) is 6.28. The lowest BCUT2D eigenvalue weighted by Crippen LogP contribution is -2.47. The fourth-order valence-corrected chi connectivity index (χ4v) is 2.90. The normalized spacial score (nSPS) is 15.4. The molecule has 27 heavy (non-hydrogen) atoms. The van der Waals surface area contributed by atoms with E-state index in [0.29, 0.717) is 18.5 Å². The Balaban J connectivity index is 0.00000364. The van der Waals surface area contributed by atoms with E-state index >= 15 is 0 Å². The maximum Gasteiger partial charge on any atom is 0.212 e. The highest BCUT2D eigenvalue weighted by Crippen LogP contribution is 2.15. The van der Waals surface area contributed by atoms with E-state index in [2.05, 4.69) is 22.1 Å². The van der Waals surface area contributed by atoms with Gasteiger partial charge in [0.15, 0.2) is 5.96 Å². The van der Waals surface area contributed by atoms with Gasteiger partial charge in [-0.1, -0.05) is 6.07 Å². The van der Waals surface area contributed by atoms with Crippen LogP contribution in [0.15, 0.2) is 23.3 Å².